The first-order valence-corrected chi connectivity index (χ1v) is 3.94. The smallest absolute Gasteiger partial charge is 0.134 e. The highest BCUT2D eigenvalue weighted by Crippen LogP contribution is 2.57. The Morgan fingerprint density at radius 2 is 2.09 bits per heavy atom. The first-order chi connectivity index (χ1) is 5.01. The van der Waals surface area contributed by atoms with Gasteiger partial charge in [0.05, 0.1) is 0 Å². The maximum absolute atomic E-state index is 11.0. The van der Waals surface area contributed by atoms with Crippen LogP contribution >= 0.6 is 0 Å². The van der Waals surface area contributed by atoms with Crippen molar-refractivity contribution in [3.63, 3.8) is 0 Å². The van der Waals surface area contributed by atoms with Crippen LogP contribution < -0.4 is 0 Å². The fraction of sp³-hybridized carbons (Fsp3) is 0.778. The summed E-state index contributed by atoms with van der Waals surface area (Å²) in [4.78, 5) is 15.0. The lowest BCUT2D eigenvalue weighted by Crippen LogP contribution is -1.99. The number of hydrogen-bond acceptors (Lipinski definition) is 2. The molecule has 11 heavy (non-hydrogen) atoms. The van der Waals surface area contributed by atoms with Crippen LogP contribution in [0.5, 0.6) is 0 Å². The van der Waals surface area contributed by atoms with Crippen LogP contribution in [0.4, 0.5) is 0 Å². The quantitative estimate of drug-likeness (QED) is 0.553. The summed E-state index contributed by atoms with van der Waals surface area (Å²) in [6.45, 7) is 5.90. The van der Waals surface area contributed by atoms with Crippen molar-refractivity contribution >= 4 is 12.0 Å². The Labute approximate surface area is 67.7 Å². The molecule has 0 aromatic carbocycles. The fourth-order valence-corrected chi connectivity index (χ4v) is 1.89. The zero-order chi connectivity index (χ0) is 8.65. The van der Waals surface area contributed by atoms with Crippen LogP contribution in [-0.2, 0) is 4.79 Å². The SMILES string of the molecule is CN=CC1C(C(C)=O)C1(C)C. The summed E-state index contributed by atoms with van der Waals surface area (Å²) in [5.74, 6) is 0.885. The summed E-state index contributed by atoms with van der Waals surface area (Å²) < 4.78 is 0. The molecule has 2 heteroatoms. The van der Waals surface area contributed by atoms with Gasteiger partial charge >= 0.3 is 0 Å². The van der Waals surface area contributed by atoms with Crippen molar-refractivity contribution < 1.29 is 4.79 Å². The first kappa shape index (κ1) is 8.44. The molecule has 0 bridgehead atoms. The minimum Gasteiger partial charge on any atom is -0.301 e. The van der Waals surface area contributed by atoms with Gasteiger partial charge in [0.15, 0.2) is 0 Å². The Bertz CT molecular complexity index is 206. The summed E-state index contributed by atoms with van der Waals surface area (Å²) >= 11 is 0. The summed E-state index contributed by atoms with van der Waals surface area (Å²) in [5, 5.41) is 0. The molecule has 2 atom stereocenters. The van der Waals surface area contributed by atoms with Crippen molar-refractivity contribution in [1.82, 2.24) is 0 Å². The Morgan fingerprint density at radius 3 is 2.36 bits per heavy atom. The Hall–Kier alpha value is -0.660. The van der Waals surface area contributed by atoms with Gasteiger partial charge < -0.3 is 4.99 Å². The maximum atomic E-state index is 11.0. The van der Waals surface area contributed by atoms with Gasteiger partial charge in [0.1, 0.15) is 5.78 Å². The monoisotopic (exact) mass is 153 g/mol. The lowest BCUT2D eigenvalue weighted by atomic mass is 10.1. The van der Waals surface area contributed by atoms with Gasteiger partial charge in [-0.15, -0.1) is 0 Å². The van der Waals surface area contributed by atoms with E-state index < -0.39 is 0 Å². The van der Waals surface area contributed by atoms with Gasteiger partial charge in [-0.05, 0) is 12.3 Å². The molecule has 0 aliphatic heterocycles. The molecule has 0 saturated heterocycles. The topological polar surface area (TPSA) is 29.4 Å². The second kappa shape index (κ2) is 2.43. The van der Waals surface area contributed by atoms with Crippen molar-refractivity contribution in [3.05, 3.63) is 0 Å². The molecule has 0 heterocycles. The van der Waals surface area contributed by atoms with Crippen molar-refractivity contribution in [2.24, 2.45) is 22.2 Å². The third kappa shape index (κ3) is 1.22. The van der Waals surface area contributed by atoms with E-state index in [0.29, 0.717) is 11.7 Å². The number of carbonyl (C=O) groups is 1. The minimum absolute atomic E-state index is 0.158. The average molecular weight is 153 g/mol. The van der Waals surface area contributed by atoms with Gasteiger partial charge in [0.25, 0.3) is 0 Å². The Balaban J connectivity index is 2.68. The zero-order valence-electron chi connectivity index (χ0n) is 7.59. The molecule has 0 N–H and O–H groups in total. The Kier molecular flexibility index (Phi) is 1.87. The highest BCUT2D eigenvalue weighted by Gasteiger charge is 2.59. The van der Waals surface area contributed by atoms with Crippen LogP contribution in [0.2, 0.25) is 0 Å². The van der Waals surface area contributed by atoms with E-state index in [9.17, 15) is 4.79 Å². The van der Waals surface area contributed by atoms with E-state index in [2.05, 4.69) is 18.8 Å². The second-order valence-corrected chi connectivity index (χ2v) is 3.84. The normalized spacial score (nSPS) is 34.2. The number of nitrogens with zero attached hydrogens (tertiary/aromatic N) is 1. The highest BCUT2D eigenvalue weighted by molar-refractivity contribution is 5.89. The molecular formula is C9H15NO. The first-order valence-electron chi connectivity index (χ1n) is 3.94. The van der Waals surface area contributed by atoms with Crippen LogP contribution in [0.25, 0.3) is 0 Å². The summed E-state index contributed by atoms with van der Waals surface area (Å²) in [6.07, 6.45) is 1.89. The predicted octanol–water partition coefficient (Wildman–Crippen LogP) is 1.55. The van der Waals surface area contributed by atoms with Crippen LogP contribution in [-0.4, -0.2) is 19.0 Å². The number of rotatable bonds is 2. The van der Waals surface area contributed by atoms with Crippen LogP contribution in [0.3, 0.4) is 0 Å². The van der Waals surface area contributed by atoms with Crippen molar-refractivity contribution in [3.8, 4) is 0 Å². The van der Waals surface area contributed by atoms with Gasteiger partial charge in [-0.3, -0.25) is 4.79 Å². The zero-order valence-corrected chi connectivity index (χ0v) is 7.59. The molecule has 1 rings (SSSR count). The van der Waals surface area contributed by atoms with Crippen molar-refractivity contribution in [2.45, 2.75) is 20.8 Å². The summed E-state index contributed by atoms with van der Waals surface area (Å²) in [6, 6.07) is 0. The van der Waals surface area contributed by atoms with E-state index in [0.717, 1.165) is 0 Å². The summed E-state index contributed by atoms with van der Waals surface area (Å²) in [5.41, 5.74) is 0.158. The lowest BCUT2D eigenvalue weighted by Gasteiger charge is -1.96. The fourth-order valence-electron chi connectivity index (χ4n) is 1.89. The third-order valence-electron chi connectivity index (χ3n) is 2.66. The van der Waals surface area contributed by atoms with Gasteiger partial charge in [-0.2, -0.15) is 0 Å². The molecule has 0 aromatic heterocycles. The molecule has 2 nitrogen and oxygen atoms in total. The number of Topliss-reactive ketones (excluding diaryl/α,β-unsaturated/α-hetero) is 1. The van der Waals surface area contributed by atoms with E-state index in [1.54, 1.807) is 14.0 Å². The number of ketones is 1. The van der Waals surface area contributed by atoms with Gasteiger partial charge in [-0.1, -0.05) is 13.8 Å². The van der Waals surface area contributed by atoms with Crippen LogP contribution in [0.1, 0.15) is 20.8 Å². The molecule has 0 amide bonds. The molecule has 0 spiro atoms. The predicted molar refractivity (Wildman–Crippen MR) is 45.9 cm³/mol. The van der Waals surface area contributed by atoms with E-state index in [1.165, 1.54) is 0 Å². The van der Waals surface area contributed by atoms with E-state index in [4.69, 9.17) is 0 Å². The molecule has 62 valence electrons. The van der Waals surface area contributed by atoms with E-state index in [1.807, 2.05) is 6.21 Å². The highest BCUT2D eigenvalue weighted by atomic mass is 16.1. The summed E-state index contributed by atoms with van der Waals surface area (Å²) in [7, 11) is 1.76. The van der Waals surface area contributed by atoms with Crippen LogP contribution in [0, 0.1) is 17.3 Å². The molecule has 1 aliphatic carbocycles. The molecule has 1 saturated carbocycles. The molecule has 0 radical (unpaired) electrons. The number of aliphatic imine (C=N–C) groups is 1. The van der Waals surface area contributed by atoms with Crippen molar-refractivity contribution in [1.29, 1.82) is 0 Å². The van der Waals surface area contributed by atoms with Crippen molar-refractivity contribution in [2.75, 3.05) is 7.05 Å². The van der Waals surface area contributed by atoms with Gasteiger partial charge in [0.2, 0.25) is 0 Å². The molecule has 1 fully saturated rings. The molecule has 1 aliphatic rings. The van der Waals surface area contributed by atoms with Gasteiger partial charge in [-0.25, -0.2) is 0 Å². The van der Waals surface area contributed by atoms with E-state index in [-0.39, 0.29) is 11.3 Å². The number of carbonyl (C=O) groups excluding carboxylic acids is 1. The van der Waals surface area contributed by atoms with Gasteiger partial charge in [0, 0.05) is 25.1 Å². The molecule has 0 aromatic rings. The molecular weight excluding hydrogens is 138 g/mol. The second-order valence-electron chi connectivity index (χ2n) is 3.84. The van der Waals surface area contributed by atoms with E-state index >= 15 is 0 Å². The standard InChI is InChI=1S/C9H15NO/c1-6(11)8-7(5-10-4)9(8,2)3/h5,7-8H,1-4H3. The minimum atomic E-state index is 0.158. The lowest BCUT2D eigenvalue weighted by molar-refractivity contribution is -0.118. The largest absolute Gasteiger partial charge is 0.301 e. The Morgan fingerprint density at radius 1 is 1.55 bits per heavy atom. The molecule has 2 unspecified atom stereocenters. The number of hydrogen-bond donors (Lipinski definition) is 0. The van der Waals surface area contributed by atoms with Crippen LogP contribution in [0.15, 0.2) is 4.99 Å². The average Bonchev–Trinajstić information content (AvgIpc) is 2.35. The maximum Gasteiger partial charge on any atom is 0.134 e. The third-order valence-corrected chi connectivity index (χ3v) is 2.66.